The molecule has 0 unspecified atom stereocenters. The summed E-state index contributed by atoms with van der Waals surface area (Å²) in [6, 6.07) is 1.49. The van der Waals surface area contributed by atoms with Crippen molar-refractivity contribution in [3.63, 3.8) is 0 Å². The number of allylic oxidation sites excluding steroid dienone is 1. The number of carbonyl (C=O) groups is 1. The van der Waals surface area contributed by atoms with E-state index in [1.54, 1.807) is 6.92 Å². The molecule has 0 rings (SSSR count). The van der Waals surface area contributed by atoms with Gasteiger partial charge < -0.3 is 11.3 Å². The summed E-state index contributed by atoms with van der Waals surface area (Å²) in [4.78, 5) is 10.4. The van der Waals surface area contributed by atoms with Gasteiger partial charge in [-0.1, -0.05) is 0 Å². The first kappa shape index (κ1) is 13.7. The Balaban J connectivity index is -0.000000405. The van der Waals surface area contributed by atoms with Gasteiger partial charge in [0.05, 0.1) is 18.8 Å². The molecule has 0 saturated heterocycles. The van der Waals surface area contributed by atoms with E-state index in [1.807, 2.05) is 0 Å². The Morgan fingerprint density at radius 3 is 2.82 bits per heavy atom. The third kappa shape index (κ3) is 6.53. The average Bonchev–Trinajstić information content (AvgIpc) is 1.89. The molecule has 4 nitrogen and oxygen atoms in total. The van der Waals surface area contributed by atoms with Gasteiger partial charge in [-0.25, -0.2) is 4.79 Å². The Kier molecular flexibility index (Phi) is 10.3. The molecule has 5 heteroatoms. The molecule has 11 heavy (non-hydrogen) atoms. The van der Waals surface area contributed by atoms with Gasteiger partial charge in [0.2, 0.25) is 5.76 Å². The van der Waals surface area contributed by atoms with Crippen molar-refractivity contribution in [1.82, 2.24) is 0 Å². The smallest absolute Gasteiger partial charge is 1.00 e. The summed E-state index contributed by atoms with van der Waals surface area (Å²) in [6.07, 6.45) is 0.720. The molecule has 0 aromatic carbocycles. The van der Waals surface area contributed by atoms with E-state index in [2.05, 4.69) is 4.74 Å². The molecule has 0 radical (unpaired) electrons. The van der Waals surface area contributed by atoms with Crippen LogP contribution in [0.2, 0.25) is 0 Å². The van der Waals surface area contributed by atoms with Gasteiger partial charge in [-0.3, -0.25) is 0 Å². The SMILES string of the molecule is CCOC(=O)C(O)=CC#N.[H-].[K+]. The second-order valence-corrected chi connectivity index (χ2v) is 1.38. The first-order valence-corrected chi connectivity index (χ1v) is 2.68. The zero-order chi connectivity index (χ0) is 7.98. The van der Waals surface area contributed by atoms with Gasteiger partial charge in [-0.05, 0) is 6.92 Å². The third-order valence-electron chi connectivity index (χ3n) is 0.686. The van der Waals surface area contributed by atoms with E-state index in [1.165, 1.54) is 6.07 Å². The molecular weight excluding hydrogens is 173 g/mol. The van der Waals surface area contributed by atoms with Crippen molar-refractivity contribution in [3.8, 4) is 6.07 Å². The Morgan fingerprint density at radius 1 is 1.91 bits per heavy atom. The van der Waals surface area contributed by atoms with E-state index < -0.39 is 11.7 Å². The summed E-state index contributed by atoms with van der Waals surface area (Å²) < 4.78 is 4.35. The van der Waals surface area contributed by atoms with Gasteiger partial charge in [0.15, 0.2) is 0 Å². The Labute approximate surface area is 109 Å². The van der Waals surface area contributed by atoms with Crippen molar-refractivity contribution >= 4 is 5.97 Å². The van der Waals surface area contributed by atoms with Crippen LogP contribution in [0.1, 0.15) is 8.35 Å². The number of nitrogens with zero attached hydrogens (tertiary/aromatic N) is 1. The molecule has 0 atom stereocenters. The normalized spacial score (nSPS) is 9.27. The van der Waals surface area contributed by atoms with Crippen LogP contribution in [0.25, 0.3) is 0 Å². The maximum Gasteiger partial charge on any atom is 1.00 e. The molecule has 0 heterocycles. The van der Waals surface area contributed by atoms with Crippen molar-refractivity contribution in [2.75, 3.05) is 6.61 Å². The largest absolute Gasteiger partial charge is 1.00 e. The van der Waals surface area contributed by atoms with Gasteiger partial charge in [-0.15, -0.1) is 0 Å². The monoisotopic (exact) mass is 181 g/mol. The van der Waals surface area contributed by atoms with E-state index >= 15 is 0 Å². The van der Waals surface area contributed by atoms with Gasteiger partial charge >= 0.3 is 57.4 Å². The van der Waals surface area contributed by atoms with E-state index in [9.17, 15) is 4.79 Å². The Bertz CT molecular complexity index is 199. The quantitative estimate of drug-likeness (QED) is 0.170. The number of esters is 1. The van der Waals surface area contributed by atoms with Crippen LogP contribution in [0.4, 0.5) is 0 Å². The van der Waals surface area contributed by atoms with Crippen LogP contribution < -0.4 is 51.4 Å². The number of aliphatic hydroxyl groups is 1. The second-order valence-electron chi connectivity index (χ2n) is 1.38. The predicted molar refractivity (Wildman–Crippen MR) is 34.1 cm³/mol. The number of carbonyl (C=O) groups excluding carboxylic acids is 1. The molecule has 56 valence electrons. The van der Waals surface area contributed by atoms with Crippen molar-refractivity contribution in [3.05, 3.63) is 11.8 Å². The minimum Gasteiger partial charge on any atom is -1.00 e. The average molecular weight is 181 g/mol. The fraction of sp³-hybridized carbons (Fsp3) is 0.333. The first-order valence-electron chi connectivity index (χ1n) is 2.68. The molecule has 0 aliphatic carbocycles. The summed E-state index contributed by atoms with van der Waals surface area (Å²) >= 11 is 0. The molecule has 0 aromatic rings. The van der Waals surface area contributed by atoms with E-state index in [-0.39, 0.29) is 59.4 Å². The molecule has 0 aliphatic rings. The molecule has 0 bridgehead atoms. The Morgan fingerprint density at radius 2 is 2.45 bits per heavy atom. The summed E-state index contributed by atoms with van der Waals surface area (Å²) in [5, 5.41) is 16.6. The van der Waals surface area contributed by atoms with Crippen LogP contribution >= 0.6 is 0 Å². The second kappa shape index (κ2) is 8.24. The maximum absolute atomic E-state index is 10.4. The van der Waals surface area contributed by atoms with Crippen molar-refractivity contribution in [1.29, 1.82) is 5.26 Å². The van der Waals surface area contributed by atoms with E-state index in [4.69, 9.17) is 10.4 Å². The van der Waals surface area contributed by atoms with Crippen LogP contribution in [-0.4, -0.2) is 17.7 Å². The number of ether oxygens (including phenoxy) is 1. The summed E-state index contributed by atoms with van der Waals surface area (Å²) in [5.41, 5.74) is 0. The number of aliphatic hydroxyl groups excluding tert-OH is 1. The van der Waals surface area contributed by atoms with Crippen LogP contribution in [0.15, 0.2) is 11.8 Å². The summed E-state index contributed by atoms with van der Waals surface area (Å²) in [5.74, 6) is -1.53. The van der Waals surface area contributed by atoms with E-state index in [0.717, 1.165) is 6.08 Å². The van der Waals surface area contributed by atoms with Crippen LogP contribution in [0.3, 0.4) is 0 Å². The fourth-order valence-electron chi connectivity index (χ4n) is 0.325. The molecule has 0 saturated carbocycles. The molecule has 0 amide bonds. The van der Waals surface area contributed by atoms with Gasteiger partial charge in [-0.2, -0.15) is 5.26 Å². The van der Waals surface area contributed by atoms with Crippen LogP contribution in [0.5, 0.6) is 0 Å². The number of hydrogen-bond donors (Lipinski definition) is 1. The third-order valence-corrected chi connectivity index (χ3v) is 0.686. The molecule has 0 fully saturated rings. The first-order chi connectivity index (χ1) is 4.72. The Hall–Kier alpha value is 0.136. The van der Waals surface area contributed by atoms with Crippen LogP contribution in [-0.2, 0) is 9.53 Å². The molecule has 1 N–H and O–H groups in total. The van der Waals surface area contributed by atoms with Gasteiger partial charge in [0.1, 0.15) is 0 Å². The van der Waals surface area contributed by atoms with Crippen molar-refractivity contribution < 1.29 is 67.4 Å². The standard InChI is InChI=1S/C6H7NO3.K.H/c1-2-10-6(9)5(8)3-4-7;;/h3,8H,2H2,1H3;;/q;+1;-1. The zero-order valence-corrected chi connectivity index (χ0v) is 9.62. The number of nitriles is 1. The predicted octanol–water partition coefficient (Wildman–Crippen LogP) is -2.37. The van der Waals surface area contributed by atoms with E-state index in [0.29, 0.717) is 0 Å². The topological polar surface area (TPSA) is 70.3 Å². The minimum atomic E-state index is -0.871. The van der Waals surface area contributed by atoms with Crippen LogP contribution in [0, 0.1) is 11.3 Å². The van der Waals surface area contributed by atoms with Gasteiger partial charge in [0.25, 0.3) is 0 Å². The fourth-order valence-corrected chi connectivity index (χ4v) is 0.325. The number of rotatable bonds is 2. The molecule has 0 spiro atoms. The summed E-state index contributed by atoms with van der Waals surface area (Å²) in [7, 11) is 0. The zero-order valence-electron chi connectivity index (χ0n) is 7.50. The minimum absolute atomic E-state index is 0. The van der Waals surface area contributed by atoms with Crippen molar-refractivity contribution in [2.45, 2.75) is 6.92 Å². The summed E-state index contributed by atoms with van der Waals surface area (Å²) in [6.45, 7) is 1.79. The molecule has 0 aromatic heterocycles. The molecule has 0 aliphatic heterocycles. The molecular formula is C6H8KNO3. The van der Waals surface area contributed by atoms with Crippen molar-refractivity contribution in [2.24, 2.45) is 0 Å². The number of hydrogen-bond acceptors (Lipinski definition) is 4. The van der Waals surface area contributed by atoms with Gasteiger partial charge in [0, 0.05) is 0 Å². The maximum atomic E-state index is 10.4.